The largest absolute Gasteiger partial charge is 0.300 e. The standard InChI is InChI=1S/C12H17N3S/c1-7(2)11-13-14-12(16)15(11)10-6-8-3-4-9(10)5-8/h3-4,7-10H,5-6H2,1-2H3,(H,14,16)/t8-,9-,10-/m0/s1. The molecule has 3 nitrogen and oxygen atoms in total. The molecule has 2 bridgehead atoms. The van der Waals surface area contributed by atoms with Crippen molar-refractivity contribution in [1.82, 2.24) is 14.8 Å². The Morgan fingerprint density at radius 3 is 2.81 bits per heavy atom. The Morgan fingerprint density at radius 2 is 2.25 bits per heavy atom. The molecule has 3 rings (SSSR count). The monoisotopic (exact) mass is 235 g/mol. The van der Waals surface area contributed by atoms with Gasteiger partial charge >= 0.3 is 0 Å². The van der Waals surface area contributed by atoms with Crippen LogP contribution in [0.4, 0.5) is 0 Å². The molecule has 0 aromatic carbocycles. The van der Waals surface area contributed by atoms with Gasteiger partial charge in [-0.25, -0.2) is 0 Å². The van der Waals surface area contributed by atoms with Gasteiger partial charge in [0.2, 0.25) is 0 Å². The van der Waals surface area contributed by atoms with Crippen molar-refractivity contribution in [2.45, 2.75) is 38.6 Å². The normalized spacial score (nSPS) is 31.8. The van der Waals surface area contributed by atoms with Crippen molar-refractivity contribution in [1.29, 1.82) is 0 Å². The van der Waals surface area contributed by atoms with Crippen LogP contribution in [0, 0.1) is 16.6 Å². The predicted molar refractivity (Wildman–Crippen MR) is 65.9 cm³/mol. The average Bonchev–Trinajstić information content (AvgIpc) is 2.90. The summed E-state index contributed by atoms with van der Waals surface area (Å²) in [6, 6.07) is 0.540. The SMILES string of the molecule is CC(C)c1n[nH]c(=S)n1[C@H]1C[C@H]2C=C[C@H]1C2. The molecule has 86 valence electrons. The summed E-state index contributed by atoms with van der Waals surface area (Å²) >= 11 is 5.37. The van der Waals surface area contributed by atoms with Crippen LogP contribution >= 0.6 is 12.2 Å². The van der Waals surface area contributed by atoms with Crippen molar-refractivity contribution in [2.24, 2.45) is 11.8 Å². The highest BCUT2D eigenvalue weighted by atomic mass is 32.1. The van der Waals surface area contributed by atoms with Crippen molar-refractivity contribution in [3.63, 3.8) is 0 Å². The zero-order valence-electron chi connectivity index (χ0n) is 9.68. The second-order valence-electron chi connectivity index (χ2n) is 5.26. The highest BCUT2D eigenvalue weighted by Gasteiger charge is 2.38. The van der Waals surface area contributed by atoms with E-state index in [1.165, 1.54) is 12.8 Å². The summed E-state index contributed by atoms with van der Waals surface area (Å²) in [5.41, 5.74) is 0. The number of aromatic nitrogens is 3. The minimum absolute atomic E-state index is 0.427. The molecule has 0 amide bonds. The van der Waals surface area contributed by atoms with Gasteiger partial charge < -0.3 is 4.57 Å². The Bertz CT molecular complexity index is 483. The van der Waals surface area contributed by atoms with Crippen molar-refractivity contribution in [3.8, 4) is 0 Å². The zero-order chi connectivity index (χ0) is 11.3. The number of aromatic amines is 1. The first-order valence-corrected chi connectivity index (χ1v) is 6.42. The fourth-order valence-electron chi connectivity index (χ4n) is 3.09. The molecule has 1 N–H and O–H groups in total. The van der Waals surface area contributed by atoms with E-state index in [0.29, 0.717) is 17.9 Å². The molecule has 0 radical (unpaired) electrons. The first-order chi connectivity index (χ1) is 7.66. The molecule has 16 heavy (non-hydrogen) atoms. The predicted octanol–water partition coefficient (Wildman–Crippen LogP) is 3.20. The fourth-order valence-corrected chi connectivity index (χ4v) is 3.37. The van der Waals surface area contributed by atoms with Gasteiger partial charge in [-0.3, -0.25) is 5.10 Å². The highest BCUT2D eigenvalue weighted by molar-refractivity contribution is 7.71. The quantitative estimate of drug-likeness (QED) is 0.631. The molecule has 1 fully saturated rings. The van der Waals surface area contributed by atoms with Crippen LogP contribution in [0.2, 0.25) is 0 Å². The molecular weight excluding hydrogens is 218 g/mol. The topological polar surface area (TPSA) is 33.6 Å². The number of fused-ring (bicyclic) bond motifs is 2. The molecule has 1 heterocycles. The summed E-state index contributed by atoms with van der Waals surface area (Å²) < 4.78 is 3.04. The summed E-state index contributed by atoms with van der Waals surface area (Å²) in [5.74, 6) is 2.98. The van der Waals surface area contributed by atoms with Gasteiger partial charge in [0.15, 0.2) is 4.77 Å². The van der Waals surface area contributed by atoms with Gasteiger partial charge in [0, 0.05) is 12.0 Å². The minimum Gasteiger partial charge on any atom is -0.300 e. The Balaban J connectivity index is 2.03. The first kappa shape index (κ1) is 10.3. The second-order valence-corrected chi connectivity index (χ2v) is 5.65. The minimum atomic E-state index is 0.427. The molecule has 2 aliphatic rings. The third kappa shape index (κ3) is 1.39. The van der Waals surface area contributed by atoms with Gasteiger partial charge in [-0.05, 0) is 36.9 Å². The van der Waals surface area contributed by atoms with E-state index >= 15 is 0 Å². The van der Waals surface area contributed by atoms with Crippen LogP contribution in [0.5, 0.6) is 0 Å². The van der Waals surface area contributed by atoms with Crippen LogP contribution in [0.1, 0.15) is 44.5 Å². The van der Waals surface area contributed by atoms with E-state index in [-0.39, 0.29) is 0 Å². The maximum atomic E-state index is 5.37. The van der Waals surface area contributed by atoms with Crippen LogP contribution in [0.15, 0.2) is 12.2 Å². The number of hydrogen-bond donors (Lipinski definition) is 1. The van der Waals surface area contributed by atoms with Gasteiger partial charge in [-0.1, -0.05) is 26.0 Å². The molecule has 3 atom stereocenters. The summed E-state index contributed by atoms with van der Waals surface area (Å²) in [5, 5.41) is 7.31. The lowest BCUT2D eigenvalue weighted by atomic mass is 10.0. The molecule has 1 aromatic rings. The average molecular weight is 235 g/mol. The maximum absolute atomic E-state index is 5.37. The Morgan fingerprint density at radius 1 is 1.44 bits per heavy atom. The van der Waals surface area contributed by atoms with E-state index in [4.69, 9.17) is 12.2 Å². The molecule has 1 saturated carbocycles. The Labute approximate surface area is 101 Å². The number of nitrogens with one attached hydrogen (secondary N) is 1. The summed E-state index contributed by atoms with van der Waals surface area (Å²) in [4.78, 5) is 0. The number of hydrogen-bond acceptors (Lipinski definition) is 2. The fraction of sp³-hybridized carbons (Fsp3) is 0.667. The van der Waals surface area contributed by atoms with E-state index < -0.39 is 0 Å². The molecule has 2 aliphatic carbocycles. The van der Waals surface area contributed by atoms with Gasteiger partial charge in [0.1, 0.15) is 5.82 Å². The van der Waals surface area contributed by atoms with E-state index in [1.807, 2.05) is 0 Å². The number of H-pyrrole nitrogens is 1. The zero-order valence-corrected chi connectivity index (χ0v) is 10.5. The summed E-state index contributed by atoms with van der Waals surface area (Å²) in [6.07, 6.45) is 7.25. The molecule has 1 aromatic heterocycles. The van der Waals surface area contributed by atoms with Crippen molar-refractivity contribution in [3.05, 3.63) is 22.7 Å². The van der Waals surface area contributed by atoms with Crippen LogP contribution in [-0.2, 0) is 0 Å². The van der Waals surface area contributed by atoms with Gasteiger partial charge in [0.05, 0.1) is 0 Å². The Kier molecular flexibility index (Phi) is 2.28. The van der Waals surface area contributed by atoms with Crippen molar-refractivity contribution < 1.29 is 0 Å². The van der Waals surface area contributed by atoms with Crippen molar-refractivity contribution >= 4 is 12.2 Å². The lowest BCUT2D eigenvalue weighted by Crippen LogP contribution is -2.17. The molecule has 4 heteroatoms. The van der Waals surface area contributed by atoms with Crippen LogP contribution in [0.3, 0.4) is 0 Å². The Hall–Kier alpha value is -0.900. The lowest BCUT2D eigenvalue weighted by molar-refractivity contribution is 0.409. The van der Waals surface area contributed by atoms with Gasteiger partial charge in [-0.15, -0.1) is 0 Å². The van der Waals surface area contributed by atoms with Gasteiger partial charge in [-0.2, -0.15) is 5.10 Å². The number of allylic oxidation sites excluding steroid dienone is 2. The molecule has 0 unspecified atom stereocenters. The summed E-state index contributed by atoms with van der Waals surface area (Å²) in [6.45, 7) is 4.34. The first-order valence-electron chi connectivity index (χ1n) is 6.02. The second kappa shape index (κ2) is 3.55. The third-order valence-corrected chi connectivity index (χ3v) is 4.11. The van der Waals surface area contributed by atoms with E-state index in [1.54, 1.807) is 0 Å². The van der Waals surface area contributed by atoms with E-state index in [9.17, 15) is 0 Å². The molecular formula is C12H17N3S. The maximum Gasteiger partial charge on any atom is 0.195 e. The third-order valence-electron chi connectivity index (χ3n) is 3.82. The smallest absolute Gasteiger partial charge is 0.195 e. The summed E-state index contributed by atoms with van der Waals surface area (Å²) in [7, 11) is 0. The van der Waals surface area contributed by atoms with E-state index in [0.717, 1.165) is 16.5 Å². The number of rotatable bonds is 2. The van der Waals surface area contributed by atoms with Crippen LogP contribution in [-0.4, -0.2) is 14.8 Å². The number of nitrogens with zero attached hydrogens (tertiary/aromatic N) is 2. The lowest BCUT2D eigenvalue weighted by Gasteiger charge is -2.22. The highest BCUT2D eigenvalue weighted by Crippen LogP contribution is 2.46. The van der Waals surface area contributed by atoms with Crippen LogP contribution in [0.25, 0.3) is 0 Å². The van der Waals surface area contributed by atoms with Gasteiger partial charge in [0.25, 0.3) is 0 Å². The van der Waals surface area contributed by atoms with Crippen molar-refractivity contribution in [2.75, 3.05) is 0 Å². The van der Waals surface area contributed by atoms with E-state index in [2.05, 4.69) is 40.8 Å². The molecule has 0 spiro atoms. The molecule has 0 saturated heterocycles. The molecule has 0 aliphatic heterocycles. The van der Waals surface area contributed by atoms with Crippen LogP contribution < -0.4 is 0 Å².